The van der Waals surface area contributed by atoms with Crippen LogP contribution in [0.5, 0.6) is 23.0 Å². The molecule has 1 saturated carbocycles. The highest BCUT2D eigenvalue weighted by Crippen LogP contribution is 2.46. The Labute approximate surface area is 226 Å². The lowest BCUT2D eigenvalue weighted by Crippen LogP contribution is -2.31. The molecule has 5 rings (SSSR count). The number of thiazole rings is 1. The van der Waals surface area contributed by atoms with Gasteiger partial charge in [-0.1, -0.05) is 12.1 Å². The molecule has 1 aromatic heterocycles. The average Bonchev–Trinajstić information content (AvgIpc) is 3.56. The Hall–Kier alpha value is -3.85. The molecule has 0 bridgehead atoms. The molecule has 0 spiro atoms. The minimum atomic E-state index is -0.270. The number of hydrogen-bond donors (Lipinski definition) is 0. The largest absolute Gasteiger partial charge is 0.493 e. The standard InChI is InChI=1S/C29H31N3O5S/c1-17-28(38-16-30-17)29(33)32-27(20-10-12-23(35-3)25(15-20)37-5)21-8-6-7-19(26(21)31-32)13-18-9-11-22(34-2)24(14-18)36-4/h9-16,21,27H,6-8H2,1-5H3/b19-13+/t21-,27-/m0/s1. The third-order valence-corrected chi connectivity index (χ3v) is 8.06. The van der Waals surface area contributed by atoms with Gasteiger partial charge >= 0.3 is 0 Å². The molecule has 1 amide bonds. The van der Waals surface area contributed by atoms with Gasteiger partial charge in [-0.05, 0) is 73.2 Å². The lowest BCUT2D eigenvalue weighted by Gasteiger charge is -2.30. The zero-order valence-electron chi connectivity index (χ0n) is 22.2. The number of aromatic nitrogens is 1. The number of rotatable bonds is 7. The number of methoxy groups -OCH3 is 4. The summed E-state index contributed by atoms with van der Waals surface area (Å²) >= 11 is 1.34. The molecule has 3 aromatic rings. The monoisotopic (exact) mass is 533 g/mol. The third kappa shape index (κ3) is 4.62. The summed E-state index contributed by atoms with van der Waals surface area (Å²) in [6, 6.07) is 11.4. The van der Waals surface area contributed by atoms with E-state index in [1.165, 1.54) is 11.3 Å². The van der Waals surface area contributed by atoms with Gasteiger partial charge in [-0.3, -0.25) is 4.79 Å². The molecular formula is C29H31N3O5S. The highest BCUT2D eigenvalue weighted by molar-refractivity contribution is 7.11. The fraction of sp³-hybridized carbons (Fsp3) is 0.345. The van der Waals surface area contributed by atoms with Crippen LogP contribution in [0, 0.1) is 12.8 Å². The maximum atomic E-state index is 13.8. The highest BCUT2D eigenvalue weighted by Gasteiger charge is 2.44. The van der Waals surface area contributed by atoms with E-state index in [9.17, 15) is 4.79 Å². The second-order valence-electron chi connectivity index (χ2n) is 9.24. The van der Waals surface area contributed by atoms with Crippen LogP contribution in [0.3, 0.4) is 0 Å². The number of carbonyl (C=O) groups excluding carboxylic acids is 1. The topological polar surface area (TPSA) is 82.5 Å². The molecule has 0 saturated heterocycles. The van der Waals surface area contributed by atoms with Crippen molar-refractivity contribution in [2.24, 2.45) is 11.0 Å². The van der Waals surface area contributed by atoms with Crippen molar-refractivity contribution < 1.29 is 23.7 Å². The van der Waals surface area contributed by atoms with Crippen molar-refractivity contribution in [1.82, 2.24) is 9.99 Å². The van der Waals surface area contributed by atoms with Crippen molar-refractivity contribution in [3.05, 3.63) is 69.2 Å². The van der Waals surface area contributed by atoms with Gasteiger partial charge in [0.05, 0.1) is 51.4 Å². The maximum absolute atomic E-state index is 13.8. The molecule has 38 heavy (non-hydrogen) atoms. The van der Waals surface area contributed by atoms with E-state index in [2.05, 4.69) is 11.1 Å². The maximum Gasteiger partial charge on any atom is 0.286 e. The highest BCUT2D eigenvalue weighted by atomic mass is 32.1. The van der Waals surface area contributed by atoms with Crippen LogP contribution in [0.2, 0.25) is 0 Å². The Morgan fingerprint density at radius 1 is 0.974 bits per heavy atom. The molecule has 0 unspecified atom stereocenters. The van der Waals surface area contributed by atoms with Gasteiger partial charge in [-0.15, -0.1) is 11.3 Å². The number of aryl methyl sites for hydroxylation is 1. The van der Waals surface area contributed by atoms with Crippen LogP contribution in [0.1, 0.15) is 51.8 Å². The van der Waals surface area contributed by atoms with E-state index >= 15 is 0 Å². The van der Waals surface area contributed by atoms with E-state index in [0.29, 0.717) is 33.6 Å². The summed E-state index contributed by atoms with van der Waals surface area (Å²) < 4.78 is 22.0. The summed E-state index contributed by atoms with van der Waals surface area (Å²) in [5.41, 5.74) is 6.42. The first-order valence-corrected chi connectivity index (χ1v) is 13.3. The van der Waals surface area contributed by atoms with E-state index in [1.54, 1.807) is 39.0 Å². The van der Waals surface area contributed by atoms with E-state index in [1.807, 2.05) is 43.3 Å². The van der Waals surface area contributed by atoms with E-state index < -0.39 is 0 Å². The summed E-state index contributed by atoms with van der Waals surface area (Å²) in [4.78, 5) is 18.7. The molecule has 1 aliphatic carbocycles. The normalized spacial score (nSPS) is 19.7. The van der Waals surface area contributed by atoms with Gasteiger partial charge in [-0.25, -0.2) is 9.99 Å². The smallest absolute Gasteiger partial charge is 0.286 e. The molecule has 0 N–H and O–H groups in total. The number of benzene rings is 2. The number of hydrazone groups is 1. The van der Waals surface area contributed by atoms with Gasteiger partial charge < -0.3 is 18.9 Å². The van der Waals surface area contributed by atoms with Crippen LogP contribution >= 0.6 is 11.3 Å². The molecule has 2 aliphatic rings. The molecule has 198 valence electrons. The van der Waals surface area contributed by atoms with Crippen LogP contribution in [0.4, 0.5) is 0 Å². The number of nitrogens with zero attached hydrogens (tertiary/aromatic N) is 3. The van der Waals surface area contributed by atoms with Crippen LogP contribution in [-0.4, -0.2) is 50.1 Å². The Morgan fingerprint density at radius 3 is 2.32 bits per heavy atom. The van der Waals surface area contributed by atoms with E-state index in [4.69, 9.17) is 24.0 Å². The first kappa shape index (κ1) is 25.8. The number of hydrogen-bond acceptors (Lipinski definition) is 8. The first-order chi connectivity index (χ1) is 18.5. The van der Waals surface area contributed by atoms with Gasteiger partial charge in [0.2, 0.25) is 0 Å². The van der Waals surface area contributed by atoms with E-state index in [-0.39, 0.29) is 17.9 Å². The molecule has 2 atom stereocenters. The van der Waals surface area contributed by atoms with Crippen LogP contribution in [0.25, 0.3) is 6.08 Å². The van der Waals surface area contributed by atoms with Crippen molar-refractivity contribution in [2.45, 2.75) is 32.2 Å². The van der Waals surface area contributed by atoms with Crippen molar-refractivity contribution in [3.63, 3.8) is 0 Å². The summed E-state index contributed by atoms with van der Waals surface area (Å²) in [6.45, 7) is 1.85. The van der Waals surface area contributed by atoms with Gasteiger partial charge in [0.25, 0.3) is 5.91 Å². The minimum absolute atomic E-state index is 0.0467. The lowest BCUT2D eigenvalue weighted by molar-refractivity contribution is 0.0684. The van der Waals surface area contributed by atoms with Crippen molar-refractivity contribution in [3.8, 4) is 23.0 Å². The predicted molar refractivity (Wildman–Crippen MR) is 148 cm³/mol. The molecule has 9 heteroatoms. The quantitative estimate of drug-likeness (QED) is 0.375. The second-order valence-corrected chi connectivity index (χ2v) is 10.1. The van der Waals surface area contributed by atoms with Crippen LogP contribution in [-0.2, 0) is 0 Å². The molecular weight excluding hydrogens is 502 g/mol. The first-order valence-electron chi connectivity index (χ1n) is 12.5. The average molecular weight is 534 g/mol. The lowest BCUT2D eigenvalue weighted by atomic mass is 9.77. The summed E-state index contributed by atoms with van der Waals surface area (Å²) in [5.74, 6) is 2.52. The number of amides is 1. The summed E-state index contributed by atoms with van der Waals surface area (Å²) in [5, 5.41) is 6.65. The van der Waals surface area contributed by atoms with Gasteiger partial charge in [0.15, 0.2) is 23.0 Å². The molecule has 2 heterocycles. The van der Waals surface area contributed by atoms with Crippen LogP contribution < -0.4 is 18.9 Å². The van der Waals surface area contributed by atoms with Crippen molar-refractivity contribution in [1.29, 1.82) is 0 Å². The SMILES string of the molecule is COc1ccc(/C=C2\CCC[C@H]3C2=NN(C(=O)c2scnc2C)[C@H]3c2ccc(OC)c(OC)c2)cc1OC. The third-order valence-electron chi connectivity index (χ3n) is 7.15. The molecule has 2 aromatic carbocycles. The minimum Gasteiger partial charge on any atom is -0.493 e. The van der Waals surface area contributed by atoms with Crippen molar-refractivity contribution >= 4 is 29.0 Å². The molecule has 8 nitrogen and oxygen atoms in total. The molecule has 1 fully saturated rings. The Bertz CT molecular complexity index is 1410. The number of carbonyl (C=O) groups is 1. The van der Waals surface area contributed by atoms with Gasteiger partial charge in [-0.2, -0.15) is 5.10 Å². The Kier molecular flexibility index (Phi) is 7.37. The van der Waals surface area contributed by atoms with Gasteiger partial charge in [0, 0.05) is 5.92 Å². The number of ether oxygens (including phenoxy) is 4. The predicted octanol–water partition coefficient (Wildman–Crippen LogP) is 5.92. The number of fused-ring (bicyclic) bond motifs is 1. The zero-order chi connectivity index (χ0) is 26.8. The zero-order valence-corrected chi connectivity index (χ0v) is 23.0. The summed E-state index contributed by atoms with van der Waals surface area (Å²) in [7, 11) is 6.49. The van der Waals surface area contributed by atoms with Gasteiger partial charge in [0.1, 0.15) is 4.88 Å². The fourth-order valence-corrected chi connectivity index (χ4v) is 6.03. The fourth-order valence-electron chi connectivity index (χ4n) is 5.29. The number of allylic oxidation sites excluding steroid dienone is 1. The molecule has 1 aliphatic heterocycles. The molecule has 0 radical (unpaired) electrons. The van der Waals surface area contributed by atoms with E-state index in [0.717, 1.165) is 41.7 Å². The Morgan fingerprint density at radius 2 is 1.66 bits per heavy atom. The van der Waals surface area contributed by atoms with Crippen molar-refractivity contribution in [2.75, 3.05) is 28.4 Å². The van der Waals surface area contributed by atoms with Crippen LogP contribution in [0.15, 0.2) is 52.6 Å². The summed E-state index contributed by atoms with van der Waals surface area (Å²) in [6.07, 6.45) is 4.94. The Balaban J connectivity index is 1.59. The second kappa shape index (κ2) is 10.9.